The Hall–Kier alpha value is -1.35. The van der Waals surface area contributed by atoms with E-state index in [-0.39, 0.29) is 6.10 Å². The van der Waals surface area contributed by atoms with Crippen molar-refractivity contribution in [2.24, 2.45) is 0 Å². The summed E-state index contributed by atoms with van der Waals surface area (Å²) in [6, 6.07) is 7.72. The zero-order valence-corrected chi connectivity index (χ0v) is 7.23. The van der Waals surface area contributed by atoms with Crippen molar-refractivity contribution in [2.75, 3.05) is 0 Å². The number of benzene rings is 1. The van der Waals surface area contributed by atoms with Crippen LogP contribution in [-0.4, -0.2) is 17.2 Å². The second-order valence-electron chi connectivity index (χ2n) is 3.23. The monoisotopic (exact) mass is 178 g/mol. The highest BCUT2D eigenvalue weighted by atomic mass is 16.6. The van der Waals surface area contributed by atoms with Crippen molar-refractivity contribution in [2.45, 2.75) is 19.1 Å². The van der Waals surface area contributed by atoms with Crippen molar-refractivity contribution < 1.29 is 14.6 Å². The van der Waals surface area contributed by atoms with Crippen LogP contribution < -0.4 is 0 Å². The molecule has 1 N–H and O–H groups in total. The fraction of sp³-hybridized carbons (Fsp3) is 0.300. The van der Waals surface area contributed by atoms with Crippen LogP contribution >= 0.6 is 0 Å². The predicted molar refractivity (Wildman–Crippen MR) is 46.4 cm³/mol. The van der Waals surface area contributed by atoms with Crippen LogP contribution in [0.3, 0.4) is 0 Å². The van der Waals surface area contributed by atoms with Crippen LogP contribution in [0.1, 0.15) is 17.2 Å². The summed E-state index contributed by atoms with van der Waals surface area (Å²) in [6.45, 7) is 1.97. The van der Waals surface area contributed by atoms with E-state index in [1.54, 1.807) is 0 Å². The number of hydrogen-bond donors (Lipinski definition) is 1. The standard InChI is InChI=1S/C10H10O3/c1-6-3-2-4-7(5-6)8-9(13-8)10(11)12/h2-5,8-9H,1H3,(H,11,12)/t8-,9-/m1/s1. The number of hydrogen-bond acceptors (Lipinski definition) is 2. The molecular formula is C10H10O3. The Morgan fingerprint density at radius 1 is 1.54 bits per heavy atom. The van der Waals surface area contributed by atoms with Crippen LogP contribution in [0.15, 0.2) is 24.3 Å². The summed E-state index contributed by atoms with van der Waals surface area (Å²) in [5.41, 5.74) is 2.07. The Balaban J connectivity index is 2.16. The summed E-state index contributed by atoms with van der Waals surface area (Å²) in [5, 5.41) is 8.63. The molecule has 0 radical (unpaired) electrons. The summed E-state index contributed by atoms with van der Waals surface area (Å²) in [4.78, 5) is 10.5. The summed E-state index contributed by atoms with van der Waals surface area (Å²) in [5.74, 6) is -0.883. The number of aliphatic carboxylic acids is 1. The first-order valence-corrected chi connectivity index (χ1v) is 4.13. The molecule has 1 saturated heterocycles. The number of ether oxygens (including phenoxy) is 1. The predicted octanol–water partition coefficient (Wildman–Crippen LogP) is 1.52. The highest BCUT2D eigenvalue weighted by molar-refractivity contribution is 5.76. The van der Waals surface area contributed by atoms with E-state index >= 15 is 0 Å². The lowest BCUT2D eigenvalue weighted by molar-refractivity contribution is -0.138. The average Bonchev–Trinajstić information content (AvgIpc) is 2.82. The second kappa shape index (κ2) is 2.85. The maximum atomic E-state index is 10.5. The van der Waals surface area contributed by atoms with Gasteiger partial charge in [-0.3, -0.25) is 0 Å². The number of aryl methyl sites for hydroxylation is 1. The molecule has 68 valence electrons. The minimum atomic E-state index is -0.883. The molecular weight excluding hydrogens is 168 g/mol. The highest BCUT2D eigenvalue weighted by Gasteiger charge is 2.46. The Morgan fingerprint density at radius 2 is 2.31 bits per heavy atom. The summed E-state index contributed by atoms with van der Waals surface area (Å²) in [6.07, 6.45) is -0.876. The maximum absolute atomic E-state index is 10.5. The molecule has 3 heteroatoms. The van der Waals surface area contributed by atoms with Crippen molar-refractivity contribution in [1.82, 2.24) is 0 Å². The summed E-state index contributed by atoms with van der Waals surface area (Å²) < 4.78 is 5.02. The van der Waals surface area contributed by atoms with E-state index in [4.69, 9.17) is 9.84 Å². The van der Waals surface area contributed by atoms with Crippen LogP contribution in [0.4, 0.5) is 0 Å². The fourth-order valence-corrected chi connectivity index (χ4v) is 1.40. The van der Waals surface area contributed by atoms with Crippen molar-refractivity contribution in [3.05, 3.63) is 35.4 Å². The second-order valence-corrected chi connectivity index (χ2v) is 3.23. The molecule has 13 heavy (non-hydrogen) atoms. The topological polar surface area (TPSA) is 49.8 Å². The van der Waals surface area contributed by atoms with E-state index in [1.165, 1.54) is 0 Å². The summed E-state index contributed by atoms with van der Waals surface area (Å²) in [7, 11) is 0. The third kappa shape index (κ3) is 1.55. The van der Waals surface area contributed by atoms with Crippen LogP contribution in [0.25, 0.3) is 0 Å². The van der Waals surface area contributed by atoms with Crippen molar-refractivity contribution in [1.29, 1.82) is 0 Å². The molecule has 1 heterocycles. The lowest BCUT2D eigenvalue weighted by Crippen LogP contribution is -2.04. The number of carbonyl (C=O) groups is 1. The first-order valence-electron chi connectivity index (χ1n) is 4.13. The number of epoxide rings is 1. The highest BCUT2D eigenvalue weighted by Crippen LogP contribution is 2.38. The van der Waals surface area contributed by atoms with E-state index in [1.807, 2.05) is 31.2 Å². The molecule has 0 amide bonds. The van der Waals surface area contributed by atoms with Gasteiger partial charge in [0.15, 0.2) is 6.10 Å². The third-order valence-electron chi connectivity index (χ3n) is 2.11. The SMILES string of the molecule is Cc1cccc([C@H]2O[C@H]2C(=O)O)c1. The molecule has 1 fully saturated rings. The van der Waals surface area contributed by atoms with E-state index in [0.29, 0.717) is 0 Å². The summed E-state index contributed by atoms with van der Waals surface area (Å²) >= 11 is 0. The molecule has 0 spiro atoms. The molecule has 0 bridgehead atoms. The number of carboxylic acid groups (broad SMARTS) is 1. The molecule has 1 aliphatic rings. The van der Waals surface area contributed by atoms with Crippen LogP contribution in [0.2, 0.25) is 0 Å². The fourth-order valence-electron chi connectivity index (χ4n) is 1.40. The molecule has 1 aromatic carbocycles. The zero-order valence-electron chi connectivity index (χ0n) is 7.23. The van der Waals surface area contributed by atoms with Crippen LogP contribution in [-0.2, 0) is 9.53 Å². The minimum absolute atomic E-state index is 0.239. The first-order chi connectivity index (χ1) is 6.18. The Morgan fingerprint density at radius 3 is 2.85 bits per heavy atom. The van der Waals surface area contributed by atoms with Gasteiger partial charge in [-0.25, -0.2) is 4.79 Å². The zero-order chi connectivity index (χ0) is 9.42. The van der Waals surface area contributed by atoms with Crippen molar-refractivity contribution in [3.8, 4) is 0 Å². The average molecular weight is 178 g/mol. The van der Waals surface area contributed by atoms with Gasteiger partial charge in [0, 0.05) is 0 Å². The number of rotatable bonds is 2. The molecule has 1 aromatic rings. The third-order valence-corrected chi connectivity index (χ3v) is 2.11. The molecule has 2 rings (SSSR count). The molecule has 0 unspecified atom stereocenters. The molecule has 0 saturated carbocycles. The largest absolute Gasteiger partial charge is 0.479 e. The Bertz CT molecular complexity index is 346. The first kappa shape index (κ1) is 8.26. The van der Waals surface area contributed by atoms with Gasteiger partial charge in [-0.15, -0.1) is 0 Å². The molecule has 0 aliphatic carbocycles. The van der Waals surface area contributed by atoms with E-state index in [2.05, 4.69) is 0 Å². The maximum Gasteiger partial charge on any atom is 0.335 e. The molecule has 2 atom stereocenters. The number of carboxylic acids is 1. The molecule has 1 aliphatic heterocycles. The van der Waals surface area contributed by atoms with Gasteiger partial charge in [-0.05, 0) is 12.5 Å². The normalized spacial score (nSPS) is 25.6. The minimum Gasteiger partial charge on any atom is -0.479 e. The van der Waals surface area contributed by atoms with Crippen LogP contribution in [0.5, 0.6) is 0 Å². The van der Waals surface area contributed by atoms with Crippen LogP contribution in [0, 0.1) is 6.92 Å². The quantitative estimate of drug-likeness (QED) is 0.698. The van der Waals surface area contributed by atoms with Gasteiger partial charge in [0.05, 0.1) is 0 Å². The van der Waals surface area contributed by atoms with Gasteiger partial charge in [-0.2, -0.15) is 0 Å². The van der Waals surface area contributed by atoms with Gasteiger partial charge in [-0.1, -0.05) is 29.8 Å². The van der Waals surface area contributed by atoms with Gasteiger partial charge in [0.1, 0.15) is 6.10 Å². The lowest BCUT2D eigenvalue weighted by atomic mass is 10.1. The van der Waals surface area contributed by atoms with Gasteiger partial charge in [0.2, 0.25) is 0 Å². The van der Waals surface area contributed by atoms with Crippen molar-refractivity contribution >= 4 is 5.97 Å². The van der Waals surface area contributed by atoms with Crippen molar-refractivity contribution in [3.63, 3.8) is 0 Å². The van der Waals surface area contributed by atoms with E-state index in [0.717, 1.165) is 11.1 Å². The van der Waals surface area contributed by atoms with Gasteiger partial charge in [0.25, 0.3) is 0 Å². The lowest BCUT2D eigenvalue weighted by Gasteiger charge is -1.96. The Labute approximate surface area is 76.0 Å². The molecule has 0 aromatic heterocycles. The van der Waals surface area contributed by atoms with Gasteiger partial charge < -0.3 is 9.84 Å². The Kier molecular flexibility index (Phi) is 1.81. The van der Waals surface area contributed by atoms with Gasteiger partial charge >= 0.3 is 5.97 Å². The smallest absolute Gasteiger partial charge is 0.335 e. The molecule has 3 nitrogen and oxygen atoms in total. The van der Waals surface area contributed by atoms with E-state index in [9.17, 15) is 4.79 Å². The van der Waals surface area contributed by atoms with E-state index < -0.39 is 12.1 Å².